The highest BCUT2D eigenvalue weighted by Crippen LogP contribution is 2.15. The number of hydrogen-bond acceptors (Lipinski definition) is 3. The first kappa shape index (κ1) is 18.9. The fourth-order valence-electron chi connectivity index (χ4n) is 1.84. The SMILES string of the molecule is Cc1ccc(NC(=O)CCCN(C)C(=O)OC(C)(C)C)c(F)c1. The van der Waals surface area contributed by atoms with Gasteiger partial charge in [0.25, 0.3) is 0 Å². The summed E-state index contributed by atoms with van der Waals surface area (Å²) in [5.41, 5.74) is 0.409. The number of amides is 2. The van der Waals surface area contributed by atoms with Gasteiger partial charge in [-0.2, -0.15) is 0 Å². The fraction of sp³-hybridized carbons (Fsp3) is 0.529. The Hall–Kier alpha value is -2.11. The molecule has 1 aromatic rings. The van der Waals surface area contributed by atoms with Gasteiger partial charge in [-0.3, -0.25) is 4.79 Å². The van der Waals surface area contributed by atoms with E-state index in [0.29, 0.717) is 13.0 Å². The number of hydrogen-bond donors (Lipinski definition) is 1. The van der Waals surface area contributed by atoms with Crippen LogP contribution in [0.5, 0.6) is 0 Å². The molecule has 0 bridgehead atoms. The lowest BCUT2D eigenvalue weighted by atomic mass is 10.2. The minimum absolute atomic E-state index is 0.168. The predicted molar refractivity (Wildman–Crippen MR) is 87.9 cm³/mol. The first-order chi connectivity index (χ1) is 10.6. The van der Waals surface area contributed by atoms with Gasteiger partial charge in [0.15, 0.2) is 0 Å². The molecule has 0 atom stereocenters. The van der Waals surface area contributed by atoms with E-state index in [1.54, 1.807) is 40.8 Å². The summed E-state index contributed by atoms with van der Waals surface area (Å²) in [6, 6.07) is 4.64. The number of carbonyl (C=O) groups excluding carboxylic acids is 2. The second kappa shape index (κ2) is 7.94. The highest BCUT2D eigenvalue weighted by atomic mass is 19.1. The lowest BCUT2D eigenvalue weighted by Gasteiger charge is -2.24. The Labute approximate surface area is 136 Å². The van der Waals surface area contributed by atoms with E-state index in [9.17, 15) is 14.0 Å². The van der Waals surface area contributed by atoms with Crippen LogP contribution in [0.25, 0.3) is 0 Å². The molecule has 0 fully saturated rings. The van der Waals surface area contributed by atoms with E-state index in [-0.39, 0.29) is 18.0 Å². The second-order valence-corrected chi connectivity index (χ2v) is 6.54. The monoisotopic (exact) mass is 324 g/mol. The smallest absolute Gasteiger partial charge is 0.410 e. The molecule has 1 rings (SSSR count). The molecule has 0 spiro atoms. The standard InChI is InChI=1S/C17H25FN2O3/c1-12-8-9-14(13(18)11-12)19-15(21)7-6-10-20(5)16(22)23-17(2,3)4/h8-9,11H,6-7,10H2,1-5H3,(H,19,21). The Bertz CT molecular complexity index is 567. The van der Waals surface area contributed by atoms with Crippen LogP contribution in [-0.2, 0) is 9.53 Å². The normalized spacial score (nSPS) is 11.0. The van der Waals surface area contributed by atoms with Crippen molar-refractivity contribution in [2.45, 2.75) is 46.1 Å². The summed E-state index contributed by atoms with van der Waals surface area (Å²) < 4.78 is 18.9. The highest BCUT2D eigenvalue weighted by Gasteiger charge is 2.19. The van der Waals surface area contributed by atoms with Gasteiger partial charge >= 0.3 is 6.09 Å². The molecule has 23 heavy (non-hydrogen) atoms. The maximum Gasteiger partial charge on any atom is 0.410 e. The number of nitrogens with one attached hydrogen (secondary N) is 1. The Morgan fingerprint density at radius 3 is 2.52 bits per heavy atom. The Kier molecular flexibility index (Phi) is 6.54. The third-order valence-corrected chi connectivity index (χ3v) is 3.00. The van der Waals surface area contributed by atoms with Crippen molar-refractivity contribution < 1.29 is 18.7 Å². The maximum atomic E-state index is 13.6. The van der Waals surface area contributed by atoms with Gasteiger partial charge in [0.1, 0.15) is 11.4 Å². The summed E-state index contributed by atoms with van der Waals surface area (Å²) in [7, 11) is 1.62. The minimum Gasteiger partial charge on any atom is -0.444 e. The summed E-state index contributed by atoms with van der Waals surface area (Å²) in [5, 5.41) is 2.53. The molecule has 0 saturated carbocycles. The number of halogens is 1. The number of anilines is 1. The molecule has 0 saturated heterocycles. The molecule has 128 valence electrons. The van der Waals surface area contributed by atoms with Crippen molar-refractivity contribution >= 4 is 17.7 Å². The second-order valence-electron chi connectivity index (χ2n) is 6.54. The molecule has 0 radical (unpaired) electrons. The van der Waals surface area contributed by atoms with Crippen LogP contribution >= 0.6 is 0 Å². The van der Waals surface area contributed by atoms with Crippen molar-refractivity contribution in [3.8, 4) is 0 Å². The first-order valence-corrected chi connectivity index (χ1v) is 7.58. The van der Waals surface area contributed by atoms with Crippen molar-refractivity contribution in [3.05, 3.63) is 29.6 Å². The number of nitrogens with zero attached hydrogens (tertiary/aromatic N) is 1. The molecule has 0 aliphatic heterocycles. The van der Waals surface area contributed by atoms with E-state index in [2.05, 4.69) is 5.32 Å². The number of ether oxygens (including phenoxy) is 1. The molecule has 0 unspecified atom stereocenters. The zero-order valence-corrected chi connectivity index (χ0v) is 14.4. The molecule has 0 heterocycles. The van der Waals surface area contributed by atoms with Crippen LogP contribution in [0.2, 0.25) is 0 Å². The molecule has 6 heteroatoms. The number of aryl methyl sites for hydroxylation is 1. The van der Waals surface area contributed by atoms with Crippen molar-refractivity contribution in [2.24, 2.45) is 0 Å². The molecule has 1 N–H and O–H groups in total. The Morgan fingerprint density at radius 1 is 1.30 bits per heavy atom. The van der Waals surface area contributed by atoms with E-state index in [0.717, 1.165) is 5.56 Å². The number of carbonyl (C=O) groups is 2. The number of rotatable bonds is 5. The third-order valence-electron chi connectivity index (χ3n) is 3.00. The van der Waals surface area contributed by atoms with Gasteiger partial charge in [0, 0.05) is 20.0 Å². The largest absolute Gasteiger partial charge is 0.444 e. The Morgan fingerprint density at radius 2 is 1.96 bits per heavy atom. The molecule has 1 aromatic carbocycles. The summed E-state index contributed by atoms with van der Waals surface area (Å²) in [5.74, 6) is -0.741. The molecule has 0 aromatic heterocycles. The van der Waals surface area contributed by atoms with Crippen molar-refractivity contribution in [3.63, 3.8) is 0 Å². The van der Waals surface area contributed by atoms with Crippen LogP contribution in [0, 0.1) is 12.7 Å². The van der Waals surface area contributed by atoms with Gasteiger partial charge in [-0.1, -0.05) is 6.07 Å². The zero-order valence-electron chi connectivity index (χ0n) is 14.4. The lowest BCUT2D eigenvalue weighted by Crippen LogP contribution is -2.35. The van der Waals surface area contributed by atoms with Gasteiger partial charge < -0.3 is 15.0 Å². The van der Waals surface area contributed by atoms with Gasteiger partial charge in [0.05, 0.1) is 5.69 Å². The van der Waals surface area contributed by atoms with E-state index in [1.807, 2.05) is 0 Å². The fourth-order valence-corrected chi connectivity index (χ4v) is 1.84. The van der Waals surface area contributed by atoms with Crippen LogP contribution in [-0.4, -0.2) is 36.1 Å². The van der Waals surface area contributed by atoms with Gasteiger partial charge in [0.2, 0.25) is 5.91 Å². The van der Waals surface area contributed by atoms with E-state index in [4.69, 9.17) is 4.74 Å². The molecule has 0 aliphatic rings. The predicted octanol–water partition coefficient (Wildman–Crippen LogP) is 3.72. The minimum atomic E-state index is -0.550. The first-order valence-electron chi connectivity index (χ1n) is 7.58. The van der Waals surface area contributed by atoms with E-state index in [1.165, 1.54) is 17.0 Å². The van der Waals surface area contributed by atoms with Crippen molar-refractivity contribution in [2.75, 3.05) is 18.9 Å². The van der Waals surface area contributed by atoms with Crippen molar-refractivity contribution in [1.29, 1.82) is 0 Å². The van der Waals surface area contributed by atoms with Crippen LogP contribution < -0.4 is 5.32 Å². The average molecular weight is 324 g/mol. The highest BCUT2D eigenvalue weighted by molar-refractivity contribution is 5.90. The summed E-state index contributed by atoms with van der Waals surface area (Å²) in [4.78, 5) is 25.0. The molecule has 5 nitrogen and oxygen atoms in total. The summed E-state index contributed by atoms with van der Waals surface area (Å²) >= 11 is 0. The summed E-state index contributed by atoms with van der Waals surface area (Å²) in [6.45, 7) is 7.55. The van der Waals surface area contributed by atoms with Crippen LogP contribution in [0.1, 0.15) is 39.2 Å². The third kappa shape index (κ3) is 7.13. The van der Waals surface area contributed by atoms with E-state index < -0.39 is 17.5 Å². The molecular formula is C17H25FN2O3. The quantitative estimate of drug-likeness (QED) is 0.898. The zero-order chi connectivity index (χ0) is 17.6. The van der Waals surface area contributed by atoms with E-state index >= 15 is 0 Å². The Balaban J connectivity index is 2.37. The van der Waals surface area contributed by atoms with Gasteiger partial charge in [-0.05, 0) is 51.8 Å². The topological polar surface area (TPSA) is 58.6 Å². The summed E-state index contributed by atoms with van der Waals surface area (Å²) in [6.07, 6.45) is 0.234. The lowest BCUT2D eigenvalue weighted by molar-refractivity contribution is -0.116. The molecule has 0 aliphatic carbocycles. The van der Waals surface area contributed by atoms with Gasteiger partial charge in [-0.25, -0.2) is 9.18 Å². The van der Waals surface area contributed by atoms with Crippen molar-refractivity contribution in [1.82, 2.24) is 4.90 Å². The van der Waals surface area contributed by atoms with Crippen LogP contribution in [0.4, 0.5) is 14.9 Å². The molecule has 2 amide bonds. The van der Waals surface area contributed by atoms with Gasteiger partial charge in [-0.15, -0.1) is 0 Å². The average Bonchev–Trinajstić information content (AvgIpc) is 2.40. The maximum absolute atomic E-state index is 13.6. The molecular weight excluding hydrogens is 299 g/mol. The number of benzene rings is 1. The van der Waals surface area contributed by atoms with Crippen LogP contribution in [0.3, 0.4) is 0 Å². The van der Waals surface area contributed by atoms with Crippen LogP contribution in [0.15, 0.2) is 18.2 Å².